The summed E-state index contributed by atoms with van der Waals surface area (Å²) in [6.07, 6.45) is 0.737. The first kappa shape index (κ1) is 15.2. The van der Waals surface area contributed by atoms with E-state index in [2.05, 4.69) is 24.5 Å². The molecule has 1 aliphatic rings. The van der Waals surface area contributed by atoms with E-state index in [4.69, 9.17) is 0 Å². The average Bonchev–Trinajstić information content (AvgIpc) is 2.84. The number of aliphatic hydroxyl groups is 1. The minimum Gasteiger partial charge on any atom is -0.387 e. The minimum atomic E-state index is -0.750. The van der Waals surface area contributed by atoms with Crippen LogP contribution in [0.5, 0.6) is 0 Å². The third-order valence-corrected chi connectivity index (χ3v) is 4.73. The molecular formula is C15H22N2O2S. The van der Waals surface area contributed by atoms with Crippen LogP contribution in [-0.4, -0.2) is 34.8 Å². The van der Waals surface area contributed by atoms with E-state index in [-0.39, 0.29) is 6.03 Å². The molecule has 4 nitrogen and oxygen atoms in total. The summed E-state index contributed by atoms with van der Waals surface area (Å²) in [7, 11) is 0. The van der Waals surface area contributed by atoms with Crippen LogP contribution in [-0.2, 0) is 0 Å². The van der Waals surface area contributed by atoms with Crippen LogP contribution in [0.15, 0.2) is 24.3 Å². The lowest BCUT2D eigenvalue weighted by Crippen LogP contribution is -2.44. The molecule has 3 N–H and O–H groups in total. The Bertz CT molecular complexity index is 471. The van der Waals surface area contributed by atoms with Crippen LogP contribution >= 0.6 is 11.8 Å². The van der Waals surface area contributed by atoms with Crippen molar-refractivity contribution in [3.8, 4) is 0 Å². The zero-order valence-corrected chi connectivity index (χ0v) is 12.8. The summed E-state index contributed by atoms with van der Waals surface area (Å²) in [6, 6.07) is 7.53. The van der Waals surface area contributed by atoms with Gasteiger partial charge < -0.3 is 15.7 Å². The van der Waals surface area contributed by atoms with Gasteiger partial charge in [0.25, 0.3) is 0 Å². The van der Waals surface area contributed by atoms with E-state index in [1.807, 2.05) is 24.3 Å². The average molecular weight is 294 g/mol. The second kappa shape index (κ2) is 6.50. The van der Waals surface area contributed by atoms with Gasteiger partial charge in [0.15, 0.2) is 0 Å². The molecule has 1 unspecified atom stereocenters. The fourth-order valence-corrected chi connectivity index (χ4v) is 3.56. The van der Waals surface area contributed by atoms with E-state index in [9.17, 15) is 9.90 Å². The van der Waals surface area contributed by atoms with Crippen molar-refractivity contribution in [2.75, 3.05) is 23.4 Å². The Morgan fingerprint density at radius 2 is 2.20 bits per heavy atom. The number of anilines is 1. The Morgan fingerprint density at radius 1 is 1.45 bits per heavy atom. The Hall–Kier alpha value is -1.20. The minimum absolute atomic E-state index is 0.261. The lowest BCUT2D eigenvalue weighted by atomic mass is 10.0. The number of urea groups is 1. The van der Waals surface area contributed by atoms with Crippen molar-refractivity contribution < 1.29 is 9.90 Å². The van der Waals surface area contributed by atoms with Gasteiger partial charge in [0, 0.05) is 18.0 Å². The lowest BCUT2D eigenvalue weighted by Gasteiger charge is -2.22. The smallest absolute Gasteiger partial charge is 0.319 e. The topological polar surface area (TPSA) is 61.4 Å². The van der Waals surface area contributed by atoms with Gasteiger partial charge in [-0.25, -0.2) is 4.79 Å². The van der Waals surface area contributed by atoms with Crippen LogP contribution in [0.4, 0.5) is 10.5 Å². The van der Waals surface area contributed by atoms with E-state index in [1.54, 1.807) is 11.8 Å². The molecule has 0 radical (unpaired) electrons. The summed E-state index contributed by atoms with van der Waals surface area (Å²) in [5.74, 6) is 1.99. The summed E-state index contributed by atoms with van der Waals surface area (Å²) in [5, 5.41) is 15.8. The highest BCUT2D eigenvalue weighted by Crippen LogP contribution is 2.27. The molecule has 0 spiro atoms. The molecule has 0 aromatic heterocycles. The molecule has 5 heteroatoms. The highest BCUT2D eigenvalue weighted by molar-refractivity contribution is 7.99. The lowest BCUT2D eigenvalue weighted by molar-refractivity contribution is 0.0706. The number of nitrogens with one attached hydrogen (secondary N) is 2. The largest absolute Gasteiger partial charge is 0.387 e. The number of carbonyl (C=O) groups is 1. The maximum absolute atomic E-state index is 11.9. The first-order valence-corrected chi connectivity index (χ1v) is 8.09. The molecule has 1 saturated heterocycles. The van der Waals surface area contributed by atoms with Gasteiger partial charge in [-0.15, -0.1) is 0 Å². The summed E-state index contributed by atoms with van der Waals surface area (Å²) in [6.45, 7) is 4.49. The highest BCUT2D eigenvalue weighted by Gasteiger charge is 2.31. The van der Waals surface area contributed by atoms with Crippen LogP contribution in [0.25, 0.3) is 0 Å². The molecule has 2 rings (SSSR count). The van der Waals surface area contributed by atoms with Crippen molar-refractivity contribution in [1.82, 2.24) is 5.32 Å². The number of hydrogen-bond acceptors (Lipinski definition) is 3. The van der Waals surface area contributed by atoms with E-state index in [1.165, 1.54) is 0 Å². The van der Waals surface area contributed by atoms with Gasteiger partial charge >= 0.3 is 6.03 Å². The van der Waals surface area contributed by atoms with Crippen molar-refractivity contribution in [3.05, 3.63) is 29.8 Å². The standard InChI is InChI=1S/C15H22N2O2S/c1-11(2)12-5-3-4-6-13(12)17-14(18)16-9-15(19)7-8-20-10-15/h3-6,11,19H,7-10H2,1-2H3,(H2,16,17,18). The van der Waals surface area contributed by atoms with Crippen LogP contribution in [0, 0.1) is 0 Å². The molecule has 1 atom stereocenters. The molecule has 1 aliphatic heterocycles. The second-order valence-electron chi connectivity index (χ2n) is 5.58. The molecule has 110 valence electrons. The molecule has 1 heterocycles. The van der Waals surface area contributed by atoms with Crippen molar-refractivity contribution in [3.63, 3.8) is 0 Å². The van der Waals surface area contributed by atoms with Gasteiger partial charge in [-0.3, -0.25) is 0 Å². The Labute approximate surface area is 124 Å². The second-order valence-corrected chi connectivity index (χ2v) is 6.68. The summed E-state index contributed by atoms with van der Waals surface area (Å²) < 4.78 is 0. The Kier molecular flexibility index (Phi) is 4.94. The van der Waals surface area contributed by atoms with Crippen LogP contribution < -0.4 is 10.6 Å². The number of thioether (sulfide) groups is 1. The van der Waals surface area contributed by atoms with Crippen molar-refractivity contribution in [1.29, 1.82) is 0 Å². The van der Waals surface area contributed by atoms with Crippen molar-refractivity contribution in [2.24, 2.45) is 0 Å². The summed E-state index contributed by atoms with van der Waals surface area (Å²) >= 11 is 1.72. The van der Waals surface area contributed by atoms with Gasteiger partial charge in [0.05, 0.1) is 5.60 Å². The van der Waals surface area contributed by atoms with E-state index in [0.29, 0.717) is 18.2 Å². The summed E-state index contributed by atoms with van der Waals surface area (Å²) in [4.78, 5) is 11.9. The zero-order valence-electron chi connectivity index (χ0n) is 12.0. The van der Waals surface area contributed by atoms with Gasteiger partial charge in [-0.05, 0) is 29.7 Å². The van der Waals surface area contributed by atoms with Gasteiger partial charge in [-0.2, -0.15) is 11.8 Å². The molecule has 1 aromatic rings. The fraction of sp³-hybridized carbons (Fsp3) is 0.533. The normalized spacial score (nSPS) is 22.0. The third kappa shape index (κ3) is 3.90. The molecule has 0 saturated carbocycles. The first-order valence-electron chi connectivity index (χ1n) is 6.94. The quantitative estimate of drug-likeness (QED) is 0.800. The molecule has 1 fully saturated rings. The highest BCUT2D eigenvalue weighted by atomic mass is 32.2. The van der Waals surface area contributed by atoms with E-state index < -0.39 is 5.60 Å². The fourth-order valence-electron chi connectivity index (χ4n) is 2.26. The van der Waals surface area contributed by atoms with Crippen molar-refractivity contribution >= 4 is 23.5 Å². The SMILES string of the molecule is CC(C)c1ccccc1NC(=O)NCC1(O)CCSC1. The number of para-hydroxylation sites is 1. The molecule has 2 amide bonds. The van der Waals surface area contributed by atoms with Gasteiger partial charge in [0.2, 0.25) is 0 Å². The van der Waals surface area contributed by atoms with Crippen molar-refractivity contribution in [2.45, 2.75) is 31.8 Å². The molecule has 20 heavy (non-hydrogen) atoms. The van der Waals surface area contributed by atoms with Crippen LogP contribution in [0.1, 0.15) is 31.7 Å². The predicted molar refractivity (Wildman–Crippen MR) is 84.4 cm³/mol. The predicted octanol–water partition coefficient (Wildman–Crippen LogP) is 2.80. The Morgan fingerprint density at radius 3 is 2.85 bits per heavy atom. The maximum atomic E-state index is 11.9. The van der Waals surface area contributed by atoms with Crippen LogP contribution in [0.2, 0.25) is 0 Å². The molecule has 0 aliphatic carbocycles. The van der Waals surface area contributed by atoms with Gasteiger partial charge in [0.1, 0.15) is 0 Å². The number of carbonyl (C=O) groups excluding carboxylic acids is 1. The number of benzene rings is 1. The molecular weight excluding hydrogens is 272 g/mol. The zero-order chi connectivity index (χ0) is 14.6. The first-order chi connectivity index (χ1) is 9.50. The number of rotatable bonds is 4. The maximum Gasteiger partial charge on any atom is 0.319 e. The van der Waals surface area contributed by atoms with Crippen LogP contribution in [0.3, 0.4) is 0 Å². The Balaban J connectivity index is 1.91. The van der Waals surface area contributed by atoms with E-state index >= 15 is 0 Å². The number of hydrogen-bond donors (Lipinski definition) is 3. The third-order valence-electron chi connectivity index (χ3n) is 3.49. The summed E-state index contributed by atoms with van der Waals surface area (Å²) in [5.41, 5.74) is 1.19. The number of amides is 2. The van der Waals surface area contributed by atoms with Gasteiger partial charge in [-0.1, -0.05) is 32.0 Å². The van der Waals surface area contributed by atoms with E-state index in [0.717, 1.165) is 23.4 Å². The molecule has 0 bridgehead atoms. The monoisotopic (exact) mass is 294 g/mol. The molecule has 1 aromatic carbocycles.